The Morgan fingerprint density at radius 2 is 1.55 bits per heavy atom. The van der Waals surface area contributed by atoms with E-state index in [1.165, 1.54) is 26.4 Å². The van der Waals surface area contributed by atoms with Crippen molar-refractivity contribution in [3.05, 3.63) is 83.4 Å². The first-order valence-corrected chi connectivity index (χ1v) is 11.0. The SMILES string of the molecule is COc1ccc(S(=O)(=O)Nc2cccc(CCc3ccc(C(=O)O)cc3)c2)cc1OC. The molecule has 0 fully saturated rings. The number of carboxylic acids is 1. The number of methoxy groups -OCH3 is 2. The Hall–Kier alpha value is -3.52. The van der Waals surface area contributed by atoms with Crippen LogP contribution in [0.5, 0.6) is 11.5 Å². The van der Waals surface area contributed by atoms with Crippen LogP contribution in [0.25, 0.3) is 0 Å². The van der Waals surface area contributed by atoms with Crippen LogP contribution in [0, 0.1) is 0 Å². The van der Waals surface area contributed by atoms with Crippen molar-refractivity contribution in [1.29, 1.82) is 0 Å². The molecule has 0 atom stereocenters. The van der Waals surface area contributed by atoms with Gasteiger partial charge in [-0.05, 0) is 60.4 Å². The van der Waals surface area contributed by atoms with Gasteiger partial charge < -0.3 is 14.6 Å². The Kier molecular flexibility index (Phi) is 6.81. The largest absolute Gasteiger partial charge is 0.493 e. The predicted octanol–water partition coefficient (Wildman–Crippen LogP) is 3.99. The summed E-state index contributed by atoms with van der Waals surface area (Å²) in [6, 6.07) is 18.3. The van der Waals surface area contributed by atoms with Gasteiger partial charge in [-0.3, -0.25) is 4.72 Å². The third-order valence-corrected chi connectivity index (χ3v) is 6.13. The van der Waals surface area contributed by atoms with Crippen LogP contribution in [0.1, 0.15) is 21.5 Å². The Morgan fingerprint density at radius 3 is 2.19 bits per heavy atom. The van der Waals surface area contributed by atoms with Gasteiger partial charge >= 0.3 is 5.97 Å². The molecule has 3 aromatic rings. The zero-order valence-corrected chi connectivity index (χ0v) is 18.0. The molecule has 0 aliphatic rings. The summed E-state index contributed by atoms with van der Waals surface area (Å²) >= 11 is 0. The van der Waals surface area contributed by atoms with Gasteiger partial charge in [0.15, 0.2) is 11.5 Å². The van der Waals surface area contributed by atoms with E-state index in [-0.39, 0.29) is 10.5 Å². The summed E-state index contributed by atoms with van der Waals surface area (Å²) < 4.78 is 38.5. The van der Waals surface area contributed by atoms with E-state index >= 15 is 0 Å². The molecule has 0 spiro atoms. The molecular weight excluding hydrogens is 418 g/mol. The van der Waals surface area contributed by atoms with E-state index in [1.54, 1.807) is 48.5 Å². The second-order valence-corrected chi connectivity index (χ2v) is 8.51. The number of aromatic carboxylic acids is 1. The van der Waals surface area contributed by atoms with Crippen molar-refractivity contribution in [2.45, 2.75) is 17.7 Å². The van der Waals surface area contributed by atoms with Crippen LogP contribution in [0.3, 0.4) is 0 Å². The summed E-state index contributed by atoms with van der Waals surface area (Å²) in [4.78, 5) is 11.0. The number of sulfonamides is 1. The molecule has 7 nitrogen and oxygen atoms in total. The lowest BCUT2D eigenvalue weighted by molar-refractivity contribution is 0.0697. The Labute approximate surface area is 181 Å². The van der Waals surface area contributed by atoms with Crippen molar-refractivity contribution in [2.24, 2.45) is 0 Å². The van der Waals surface area contributed by atoms with Crippen LogP contribution in [0.4, 0.5) is 5.69 Å². The highest BCUT2D eigenvalue weighted by atomic mass is 32.2. The summed E-state index contributed by atoms with van der Waals surface area (Å²) in [6.07, 6.45) is 1.38. The van der Waals surface area contributed by atoms with Crippen LogP contribution in [-0.4, -0.2) is 33.7 Å². The number of nitrogens with one attached hydrogen (secondary N) is 1. The van der Waals surface area contributed by atoms with Crippen molar-refractivity contribution in [1.82, 2.24) is 0 Å². The molecule has 31 heavy (non-hydrogen) atoms. The predicted molar refractivity (Wildman–Crippen MR) is 118 cm³/mol. The van der Waals surface area contributed by atoms with Crippen molar-refractivity contribution < 1.29 is 27.8 Å². The lowest BCUT2D eigenvalue weighted by Crippen LogP contribution is -2.13. The summed E-state index contributed by atoms with van der Waals surface area (Å²) in [7, 11) is -0.882. The van der Waals surface area contributed by atoms with E-state index in [2.05, 4.69) is 4.72 Å². The molecule has 162 valence electrons. The maximum Gasteiger partial charge on any atom is 0.335 e. The van der Waals surface area contributed by atoms with Crippen LogP contribution in [-0.2, 0) is 22.9 Å². The molecule has 2 N–H and O–H groups in total. The second kappa shape index (κ2) is 9.53. The van der Waals surface area contributed by atoms with Crippen molar-refractivity contribution >= 4 is 21.7 Å². The van der Waals surface area contributed by atoms with Gasteiger partial charge in [-0.2, -0.15) is 0 Å². The van der Waals surface area contributed by atoms with Gasteiger partial charge in [0.2, 0.25) is 0 Å². The van der Waals surface area contributed by atoms with Crippen LogP contribution >= 0.6 is 0 Å². The van der Waals surface area contributed by atoms with E-state index in [9.17, 15) is 13.2 Å². The highest BCUT2D eigenvalue weighted by Crippen LogP contribution is 2.30. The van der Waals surface area contributed by atoms with Crippen molar-refractivity contribution in [3.8, 4) is 11.5 Å². The first kappa shape index (κ1) is 22.2. The molecule has 0 saturated heterocycles. The van der Waals surface area contributed by atoms with Gasteiger partial charge in [-0.15, -0.1) is 0 Å². The molecule has 0 radical (unpaired) electrons. The average molecular weight is 442 g/mol. The monoisotopic (exact) mass is 441 g/mol. The Morgan fingerprint density at radius 1 is 0.871 bits per heavy atom. The number of ether oxygens (including phenoxy) is 2. The van der Waals surface area contributed by atoms with Gasteiger partial charge in [0.1, 0.15) is 0 Å². The van der Waals surface area contributed by atoms with E-state index in [4.69, 9.17) is 14.6 Å². The molecule has 0 aliphatic carbocycles. The lowest BCUT2D eigenvalue weighted by Gasteiger charge is -2.12. The molecule has 0 heterocycles. The quantitative estimate of drug-likeness (QED) is 0.521. The molecule has 0 aliphatic heterocycles. The first-order chi connectivity index (χ1) is 14.8. The van der Waals surface area contributed by atoms with Crippen LogP contribution in [0.2, 0.25) is 0 Å². The van der Waals surface area contributed by atoms with Gasteiger partial charge in [-0.25, -0.2) is 13.2 Å². The minimum Gasteiger partial charge on any atom is -0.493 e. The maximum atomic E-state index is 12.8. The van der Waals surface area contributed by atoms with Gasteiger partial charge in [-0.1, -0.05) is 24.3 Å². The summed E-state index contributed by atoms with van der Waals surface area (Å²) in [5, 5.41) is 8.98. The molecule has 0 unspecified atom stereocenters. The molecule has 0 aromatic heterocycles. The van der Waals surface area contributed by atoms with Crippen molar-refractivity contribution in [2.75, 3.05) is 18.9 Å². The smallest absolute Gasteiger partial charge is 0.335 e. The zero-order chi connectivity index (χ0) is 22.4. The van der Waals surface area contributed by atoms with E-state index in [0.29, 0.717) is 30.0 Å². The number of carboxylic acid groups (broad SMARTS) is 1. The first-order valence-electron chi connectivity index (χ1n) is 9.48. The Bertz CT molecular complexity index is 1170. The molecule has 0 bridgehead atoms. The molecular formula is C23H23NO6S. The number of carbonyl (C=O) groups is 1. The third kappa shape index (κ3) is 5.55. The third-order valence-electron chi connectivity index (χ3n) is 4.75. The maximum absolute atomic E-state index is 12.8. The summed E-state index contributed by atoms with van der Waals surface area (Å²) in [5.41, 5.74) is 2.65. The fourth-order valence-corrected chi connectivity index (χ4v) is 4.16. The number of anilines is 1. The zero-order valence-electron chi connectivity index (χ0n) is 17.2. The fourth-order valence-electron chi connectivity index (χ4n) is 3.09. The molecule has 0 saturated carbocycles. The average Bonchev–Trinajstić information content (AvgIpc) is 2.77. The number of benzene rings is 3. The second-order valence-electron chi connectivity index (χ2n) is 6.82. The number of hydrogen-bond donors (Lipinski definition) is 2. The molecule has 8 heteroatoms. The number of hydrogen-bond acceptors (Lipinski definition) is 5. The highest BCUT2D eigenvalue weighted by molar-refractivity contribution is 7.92. The van der Waals surface area contributed by atoms with E-state index < -0.39 is 16.0 Å². The summed E-state index contributed by atoms with van der Waals surface area (Å²) in [5.74, 6) is -0.186. The van der Waals surface area contributed by atoms with E-state index in [0.717, 1.165) is 11.1 Å². The fraction of sp³-hybridized carbons (Fsp3) is 0.174. The molecule has 3 rings (SSSR count). The number of aryl methyl sites for hydroxylation is 2. The minimum atomic E-state index is -3.81. The van der Waals surface area contributed by atoms with E-state index in [1.807, 2.05) is 6.07 Å². The normalized spacial score (nSPS) is 11.0. The molecule has 3 aromatic carbocycles. The van der Waals surface area contributed by atoms with Crippen molar-refractivity contribution in [3.63, 3.8) is 0 Å². The molecule has 0 amide bonds. The number of rotatable bonds is 9. The van der Waals surface area contributed by atoms with Crippen LogP contribution < -0.4 is 14.2 Å². The summed E-state index contributed by atoms with van der Waals surface area (Å²) in [6.45, 7) is 0. The lowest BCUT2D eigenvalue weighted by atomic mass is 10.0. The highest BCUT2D eigenvalue weighted by Gasteiger charge is 2.17. The van der Waals surface area contributed by atoms with Gasteiger partial charge in [0.05, 0.1) is 24.7 Å². The topological polar surface area (TPSA) is 102 Å². The van der Waals surface area contributed by atoms with Crippen LogP contribution in [0.15, 0.2) is 71.6 Å². The van der Waals surface area contributed by atoms with Gasteiger partial charge in [0.25, 0.3) is 10.0 Å². The Balaban J connectivity index is 1.71. The standard InChI is InChI=1S/C23H23NO6S/c1-29-21-13-12-20(15-22(21)30-2)31(27,28)24-19-5-3-4-17(14-19)7-6-16-8-10-18(11-9-16)23(25)26/h3-5,8-15,24H,6-7H2,1-2H3,(H,25,26). The minimum absolute atomic E-state index is 0.0640. The van der Waals surface area contributed by atoms with Gasteiger partial charge in [0, 0.05) is 11.8 Å².